The quantitative estimate of drug-likeness (QED) is 0.184. The smallest absolute Gasteiger partial charge is 0.412 e. The van der Waals surface area contributed by atoms with E-state index in [1.807, 2.05) is 0 Å². The minimum absolute atomic E-state index is 0.0468. The van der Waals surface area contributed by atoms with E-state index in [1.54, 1.807) is 24.3 Å². The van der Waals surface area contributed by atoms with Gasteiger partial charge < -0.3 is 15.2 Å². The van der Waals surface area contributed by atoms with Crippen LogP contribution in [0.2, 0.25) is 0 Å². The van der Waals surface area contributed by atoms with Crippen LogP contribution < -0.4 is 10.5 Å². The number of aromatic nitrogens is 4. The number of methoxy groups -OCH3 is 1. The summed E-state index contributed by atoms with van der Waals surface area (Å²) >= 11 is 1.24. The number of nitrogen functional groups attached to an aromatic ring is 1. The molecule has 0 spiro atoms. The number of halogens is 6. The van der Waals surface area contributed by atoms with E-state index in [4.69, 9.17) is 15.2 Å². The molecule has 0 unspecified atom stereocenters. The fraction of sp³-hybridized carbons (Fsp3) is 0.421. The number of rotatable bonds is 12. The van der Waals surface area contributed by atoms with Crippen LogP contribution in [0.1, 0.15) is 5.56 Å². The molecule has 0 saturated carbocycles. The minimum Gasteiger partial charge on any atom is -0.497 e. The molecule has 3 rings (SSSR count). The van der Waals surface area contributed by atoms with E-state index in [0.29, 0.717) is 22.1 Å². The Morgan fingerprint density at radius 1 is 1.03 bits per heavy atom. The summed E-state index contributed by atoms with van der Waals surface area (Å²) < 4.78 is 107. The van der Waals surface area contributed by atoms with Gasteiger partial charge in [0.25, 0.3) is 0 Å². The Balaban J connectivity index is 1.66. The van der Waals surface area contributed by atoms with Crippen LogP contribution in [0.25, 0.3) is 5.65 Å². The van der Waals surface area contributed by atoms with Crippen molar-refractivity contribution < 1.29 is 49.4 Å². The molecular formula is C19H20F6N5O5PS. The molecule has 10 nitrogen and oxygen atoms in total. The van der Waals surface area contributed by atoms with Crippen molar-refractivity contribution in [3.05, 3.63) is 36.0 Å². The van der Waals surface area contributed by atoms with Crippen LogP contribution in [-0.4, -0.2) is 65.2 Å². The Morgan fingerprint density at radius 2 is 1.65 bits per heavy atom. The summed E-state index contributed by atoms with van der Waals surface area (Å²) in [5.74, 6) is 0.604. The maximum Gasteiger partial charge on any atom is 0.412 e. The average molecular weight is 575 g/mol. The zero-order valence-electron chi connectivity index (χ0n) is 19.0. The Hall–Kier alpha value is -2.59. The van der Waals surface area contributed by atoms with Crippen LogP contribution in [0, 0.1) is 0 Å². The maximum absolute atomic E-state index is 12.4. The molecule has 3 aromatic rings. The highest BCUT2D eigenvalue weighted by Crippen LogP contribution is 2.50. The summed E-state index contributed by atoms with van der Waals surface area (Å²) in [5.41, 5.74) is 6.60. The first kappa shape index (κ1) is 29.0. The fourth-order valence-electron chi connectivity index (χ4n) is 2.72. The second kappa shape index (κ2) is 11.9. The molecule has 2 heterocycles. The van der Waals surface area contributed by atoms with E-state index < -0.39 is 39.5 Å². The van der Waals surface area contributed by atoms with Gasteiger partial charge in [-0.1, -0.05) is 0 Å². The van der Waals surface area contributed by atoms with Gasteiger partial charge in [-0.25, -0.2) is 0 Å². The Bertz CT molecular complexity index is 1220. The van der Waals surface area contributed by atoms with E-state index in [0.717, 1.165) is 4.90 Å². The third kappa shape index (κ3) is 9.03. The van der Waals surface area contributed by atoms with Crippen molar-refractivity contribution in [2.75, 3.05) is 39.0 Å². The first-order valence-corrected chi connectivity index (χ1v) is 12.7. The van der Waals surface area contributed by atoms with E-state index in [9.17, 15) is 30.9 Å². The molecule has 0 amide bonds. The summed E-state index contributed by atoms with van der Waals surface area (Å²) in [4.78, 5) is 9.11. The van der Waals surface area contributed by atoms with E-state index in [-0.39, 0.29) is 19.0 Å². The Labute approximate surface area is 210 Å². The first-order chi connectivity index (χ1) is 17.3. The largest absolute Gasteiger partial charge is 0.497 e. The standard InChI is InChI=1S/C19H20F6N5O5PS/c1-32-13-2-4-14(5-3-13)37-17-29-16(26)28-15-12(8-27-30(15)17)6-7-33-11-36(31,34-9-18(20,21)22)35-10-19(23,24)25/h2-5,8H,6-7,9-11H2,1H3,(H2,26,28). The van der Waals surface area contributed by atoms with Crippen molar-refractivity contribution in [2.45, 2.75) is 28.8 Å². The number of ether oxygens (including phenoxy) is 2. The molecule has 0 bridgehead atoms. The van der Waals surface area contributed by atoms with Gasteiger partial charge in [-0.05, 0) is 36.0 Å². The summed E-state index contributed by atoms with van der Waals surface area (Å²) in [5, 5.41) is 4.59. The van der Waals surface area contributed by atoms with Gasteiger partial charge in [0.2, 0.25) is 5.95 Å². The highest BCUT2D eigenvalue weighted by atomic mass is 32.2. The van der Waals surface area contributed by atoms with Gasteiger partial charge in [-0.3, -0.25) is 13.6 Å². The predicted molar refractivity (Wildman–Crippen MR) is 118 cm³/mol. The molecule has 0 fully saturated rings. The number of nitrogens with zero attached hydrogens (tertiary/aromatic N) is 4. The van der Waals surface area contributed by atoms with Crippen molar-refractivity contribution in [3.63, 3.8) is 0 Å². The summed E-state index contributed by atoms with van der Waals surface area (Å²) in [6, 6.07) is 7.11. The molecule has 0 radical (unpaired) electrons. The van der Waals surface area contributed by atoms with Crippen LogP contribution in [0.3, 0.4) is 0 Å². The lowest BCUT2D eigenvalue weighted by molar-refractivity contribution is -0.166. The number of nitrogens with two attached hydrogens (primary N) is 1. The van der Waals surface area contributed by atoms with Gasteiger partial charge >= 0.3 is 19.9 Å². The minimum atomic E-state index is -4.93. The van der Waals surface area contributed by atoms with Crippen molar-refractivity contribution in [2.24, 2.45) is 0 Å². The van der Waals surface area contributed by atoms with Crippen molar-refractivity contribution in [1.82, 2.24) is 19.6 Å². The molecule has 18 heteroatoms. The van der Waals surface area contributed by atoms with E-state index >= 15 is 0 Å². The van der Waals surface area contributed by atoms with Crippen molar-refractivity contribution >= 4 is 31.0 Å². The number of benzene rings is 1. The van der Waals surface area contributed by atoms with Gasteiger partial charge in [0.15, 0.2) is 24.0 Å². The van der Waals surface area contributed by atoms with Crippen LogP contribution in [0.4, 0.5) is 32.3 Å². The van der Waals surface area contributed by atoms with Crippen molar-refractivity contribution in [3.8, 4) is 5.75 Å². The highest BCUT2D eigenvalue weighted by Gasteiger charge is 2.38. The molecule has 0 aliphatic carbocycles. The summed E-state index contributed by atoms with van der Waals surface area (Å²) in [6.45, 7) is -4.41. The van der Waals surface area contributed by atoms with Crippen molar-refractivity contribution in [1.29, 1.82) is 0 Å². The maximum atomic E-state index is 12.4. The van der Waals surface area contributed by atoms with E-state index in [2.05, 4.69) is 24.1 Å². The third-order valence-electron chi connectivity index (χ3n) is 4.31. The second-order valence-corrected chi connectivity index (χ2v) is 10.3. The predicted octanol–water partition coefficient (Wildman–Crippen LogP) is 4.73. The highest BCUT2D eigenvalue weighted by molar-refractivity contribution is 7.99. The molecule has 0 atom stereocenters. The third-order valence-corrected chi connectivity index (χ3v) is 6.81. The van der Waals surface area contributed by atoms with E-state index in [1.165, 1.54) is 29.6 Å². The van der Waals surface area contributed by atoms with Gasteiger partial charge in [0.05, 0.1) is 19.9 Å². The van der Waals surface area contributed by atoms with Gasteiger partial charge in [-0.2, -0.15) is 45.9 Å². The van der Waals surface area contributed by atoms with Crippen LogP contribution in [0.15, 0.2) is 40.5 Å². The topological polar surface area (TPSA) is 123 Å². The molecular weight excluding hydrogens is 555 g/mol. The summed E-state index contributed by atoms with van der Waals surface area (Å²) in [6.07, 6.45) is -9.53. The lowest BCUT2D eigenvalue weighted by Gasteiger charge is -2.20. The molecule has 204 valence electrons. The first-order valence-electron chi connectivity index (χ1n) is 10.2. The number of alkyl halides is 6. The molecule has 37 heavy (non-hydrogen) atoms. The molecule has 2 aromatic heterocycles. The van der Waals surface area contributed by atoms with Crippen LogP contribution in [0.5, 0.6) is 5.75 Å². The zero-order chi connectivity index (χ0) is 27.3. The normalized spacial score (nSPS) is 12.8. The van der Waals surface area contributed by atoms with Gasteiger partial charge in [0.1, 0.15) is 12.1 Å². The zero-order valence-corrected chi connectivity index (χ0v) is 20.7. The van der Waals surface area contributed by atoms with Gasteiger partial charge in [-0.15, -0.1) is 0 Å². The monoisotopic (exact) mass is 575 g/mol. The Morgan fingerprint density at radius 3 is 2.22 bits per heavy atom. The number of hydrogen-bond donors (Lipinski definition) is 1. The lowest BCUT2D eigenvalue weighted by atomic mass is 10.2. The lowest BCUT2D eigenvalue weighted by Crippen LogP contribution is -2.21. The second-order valence-electron chi connectivity index (χ2n) is 7.22. The van der Waals surface area contributed by atoms with Crippen LogP contribution >= 0.6 is 19.4 Å². The molecule has 1 aromatic carbocycles. The molecule has 0 saturated heterocycles. The number of fused-ring (bicyclic) bond motifs is 1. The average Bonchev–Trinajstić information content (AvgIpc) is 3.22. The number of hydrogen-bond acceptors (Lipinski definition) is 10. The molecule has 0 aliphatic heterocycles. The SMILES string of the molecule is COc1ccc(Sc2nc(N)nc3c(CCOCP(=O)(OCC(F)(F)F)OCC(F)(F)F)cnn23)cc1. The molecule has 0 aliphatic rings. The summed E-state index contributed by atoms with van der Waals surface area (Å²) in [7, 11) is -3.33. The number of anilines is 1. The van der Waals surface area contributed by atoms with Crippen LogP contribution in [-0.2, 0) is 24.8 Å². The molecule has 2 N–H and O–H groups in total. The van der Waals surface area contributed by atoms with Gasteiger partial charge in [0, 0.05) is 16.9 Å². The Kier molecular flexibility index (Phi) is 9.28. The fourth-order valence-corrected chi connectivity index (χ4v) is 4.82.